The van der Waals surface area contributed by atoms with E-state index >= 15 is 0 Å². The topological polar surface area (TPSA) is 50.4 Å². The summed E-state index contributed by atoms with van der Waals surface area (Å²) in [6, 6.07) is 9.89. The fraction of sp³-hybridized carbons (Fsp3) is 0.462. The lowest BCUT2D eigenvalue weighted by molar-refractivity contribution is 0.300. The maximum Gasteiger partial charge on any atom is 0.193 e. The van der Waals surface area contributed by atoms with Crippen molar-refractivity contribution in [1.29, 1.82) is 0 Å². The Hall–Kier alpha value is -1.51. The van der Waals surface area contributed by atoms with Gasteiger partial charge in [-0.2, -0.15) is 0 Å². The van der Waals surface area contributed by atoms with Gasteiger partial charge in [0.2, 0.25) is 0 Å². The van der Waals surface area contributed by atoms with E-state index < -0.39 is 0 Å². The van der Waals surface area contributed by atoms with E-state index in [2.05, 4.69) is 10.3 Å². The average molecular weight is 217 g/mol. The number of anilines is 1. The molecule has 0 radical (unpaired) electrons. The summed E-state index contributed by atoms with van der Waals surface area (Å²) in [6.07, 6.45) is 5.33. The molecule has 0 amide bonds. The molecule has 0 saturated heterocycles. The first-order valence-electron chi connectivity index (χ1n) is 5.96. The van der Waals surface area contributed by atoms with Crippen LogP contribution in [0.1, 0.15) is 25.7 Å². The highest BCUT2D eigenvalue weighted by molar-refractivity contribution is 5.92. The molecule has 0 aliphatic heterocycles. The first-order valence-corrected chi connectivity index (χ1v) is 5.96. The summed E-state index contributed by atoms with van der Waals surface area (Å²) in [4.78, 5) is 4.32. The summed E-state index contributed by atoms with van der Waals surface area (Å²) in [5, 5.41) is 3.08. The lowest BCUT2D eigenvalue weighted by atomic mass is 9.83. The van der Waals surface area contributed by atoms with Crippen molar-refractivity contribution in [3.05, 3.63) is 30.3 Å². The van der Waals surface area contributed by atoms with Gasteiger partial charge in [0.15, 0.2) is 5.96 Å². The van der Waals surface area contributed by atoms with Crippen molar-refractivity contribution in [2.45, 2.75) is 25.7 Å². The SMILES string of the molecule is NC(=NCCC1CCC1)Nc1ccccc1. The molecule has 3 heteroatoms. The summed E-state index contributed by atoms with van der Waals surface area (Å²) in [5.41, 5.74) is 6.78. The standard InChI is InChI=1S/C13H19N3/c14-13(15-10-9-11-5-4-6-11)16-12-7-2-1-3-8-12/h1-3,7-8,11H,4-6,9-10H2,(H3,14,15,16). The van der Waals surface area contributed by atoms with Crippen molar-refractivity contribution < 1.29 is 0 Å². The number of aliphatic imine (C=N–C) groups is 1. The number of hydrogen-bond acceptors (Lipinski definition) is 1. The van der Waals surface area contributed by atoms with E-state index in [1.807, 2.05) is 30.3 Å². The van der Waals surface area contributed by atoms with Crippen molar-refractivity contribution in [3.8, 4) is 0 Å². The lowest BCUT2D eigenvalue weighted by Gasteiger charge is -2.24. The van der Waals surface area contributed by atoms with Crippen LogP contribution < -0.4 is 11.1 Å². The molecule has 2 rings (SSSR count). The number of rotatable bonds is 4. The smallest absolute Gasteiger partial charge is 0.193 e. The van der Waals surface area contributed by atoms with E-state index in [0.29, 0.717) is 5.96 Å². The predicted octanol–water partition coefficient (Wildman–Crippen LogP) is 2.60. The van der Waals surface area contributed by atoms with Gasteiger partial charge in [0.25, 0.3) is 0 Å². The highest BCUT2D eigenvalue weighted by Gasteiger charge is 2.16. The molecule has 0 bridgehead atoms. The summed E-state index contributed by atoms with van der Waals surface area (Å²) < 4.78 is 0. The van der Waals surface area contributed by atoms with Gasteiger partial charge in [0.1, 0.15) is 0 Å². The molecule has 0 unspecified atom stereocenters. The van der Waals surface area contributed by atoms with Crippen molar-refractivity contribution in [3.63, 3.8) is 0 Å². The fourth-order valence-corrected chi connectivity index (χ4v) is 1.86. The van der Waals surface area contributed by atoms with Gasteiger partial charge in [0, 0.05) is 12.2 Å². The van der Waals surface area contributed by atoms with Gasteiger partial charge in [-0.1, -0.05) is 37.5 Å². The Morgan fingerprint density at radius 1 is 1.31 bits per heavy atom. The Labute approximate surface area is 96.8 Å². The van der Waals surface area contributed by atoms with E-state index in [1.54, 1.807) is 0 Å². The molecule has 0 aromatic heterocycles. The molecular formula is C13H19N3. The Kier molecular flexibility index (Phi) is 3.81. The third-order valence-corrected chi connectivity index (χ3v) is 3.09. The maximum atomic E-state index is 5.79. The minimum atomic E-state index is 0.519. The van der Waals surface area contributed by atoms with Gasteiger partial charge in [0.05, 0.1) is 0 Å². The third kappa shape index (κ3) is 3.26. The number of guanidine groups is 1. The Bertz CT molecular complexity index is 341. The highest BCUT2D eigenvalue weighted by Crippen LogP contribution is 2.29. The molecule has 1 saturated carbocycles. The van der Waals surface area contributed by atoms with Crippen molar-refractivity contribution in [2.75, 3.05) is 11.9 Å². The van der Waals surface area contributed by atoms with Gasteiger partial charge in [-0.25, -0.2) is 0 Å². The van der Waals surface area contributed by atoms with Gasteiger partial charge in [-0.3, -0.25) is 4.99 Å². The molecule has 0 spiro atoms. The first-order chi connectivity index (χ1) is 7.84. The lowest BCUT2D eigenvalue weighted by Crippen LogP contribution is -2.23. The molecule has 1 aromatic carbocycles. The minimum absolute atomic E-state index is 0.519. The number of nitrogens with one attached hydrogen (secondary N) is 1. The van der Waals surface area contributed by atoms with Crippen LogP contribution in [-0.4, -0.2) is 12.5 Å². The zero-order valence-corrected chi connectivity index (χ0v) is 9.52. The predicted molar refractivity (Wildman–Crippen MR) is 68.5 cm³/mol. The molecular weight excluding hydrogens is 198 g/mol. The Balaban J connectivity index is 1.73. The first kappa shape index (κ1) is 11.0. The fourth-order valence-electron chi connectivity index (χ4n) is 1.86. The van der Waals surface area contributed by atoms with Gasteiger partial charge in [-0.05, 0) is 24.5 Å². The second kappa shape index (κ2) is 5.54. The van der Waals surface area contributed by atoms with Crippen molar-refractivity contribution in [2.24, 2.45) is 16.6 Å². The van der Waals surface area contributed by atoms with Crippen LogP contribution in [0.3, 0.4) is 0 Å². The van der Waals surface area contributed by atoms with Crippen LogP contribution in [0, 0.1) is 5.92 Å². The van der Waals surface area contributed by atoms with Crippen molar-refractivity contribution in [1.82, 2.24) is 0 Å². The van der Waals surface area contributed by atoms with Crippen LogP contribution in [-0.2, 0) is 0 Å². The van der Waals surface area contributed by atoms with Crippen LogP contribution >= 0.6 is 0 Å². The van der Waals surface area contributed by atoms with Crippen LogP contribution in [0.5, 0.6) is 0 Å². The third-order valence-electron chi connectivity index (χ3n) is 3.09. The second-order valence-corrected chi connectivity index (χ2v) is 4.34. The van der Waals surface area contributed by atoms with Crippen LogP contribution in [0.15, 0.2) is 35.3 Å². The van der Waals surface area contributed by atoms with Gasteiger partial charge in [-0.15, -0.1) is 0 Å². The summed E-state index contributed by atoms with van der Waals surface area (Å²) in [6.45, 7) is 0.844. The minimum Gasteiger partial charge on any atom is -0.370 e. The normalized spacial score (nSPS) is 16.9. The van der Waals surface area contributed by atoms with E-state index in [9.17, 15) is 0 Å². The number of hydrogen-bond donors (Lipinski definition) is 2. The Morgan fingerprint density at radius 3 is 2.69 bits per heavy atom. The monoisotopic (exact) mass is 217 g/mol. The van der Waals surface area contributed by atoms with Crippen LogP contribution in [0.4, 0.5) is 5.69 Å². The average Bonchev–Trinajstić information content (AvgIpc) is 2.23. The zero-order chi connectivity index (χ0) is 11.2. The molecule has 3 N–H and O–H groups in total. The summed E-state index contributed by atoms with van der Waals surface area (Å²) >= 11 is 0. The quantitative estimate of drug-likeness (QED) is 0.601. The number of benzene rings is 1. The van der Waals surface area contributed by atoms with E-state index in [4.69, 9.17) is 5.73 Å². The van der Waals surface area contributed by atoms with E-state index in [1.165, 1.54) is 25.7 Å². The molecule has 16 heavy (non-hydrogen) atoms. The van der Waals surface area contributed by atoms with Crippen LogP contribution in [0.25, 0.3) is 0 Å². The number of nitrogens with two attached hydrogens (primary N) is 1. The number of nitrogens with zero attached hydrogens (tertiary/aromatic N) is 1. The summed E-state index contributed by atoms with van der Waals surface area (Å²) in [5.74, 6) is 1.42. The van der Waals surface area contributed by atoms with Gasteiger partial charge >= 0.3 is 0 Å². The molecule has 3 nitrogen and oxygen atoms in total. The highest BCUT2D eigenvalue weighted by atomic mass is 15.1. The van der Waals surface area contributed by atoms with Crippen molar-refractivity contribution >= 4 is 11.6 Å². The summed E-state index contributed by atoms with van der Waals surface area (Å²) in [7, 11) is 0. The largest absolute Gasteiger partial charge is 0.370 e. The Morgan fingerprint density at radius 2 is 2.06 bits per heavy atom. The second-order valence-electron chi connectivity index (χ2n) is 4.34. The molecule has 1 aromatic rings. The van der Waals surface area contributed by atoms with E-state index in [0.717, 1.165) is 18.2 Å². The molecule has 1 aliphatic carbocycles. The molecule has 0 heterocycles. The van der Waals surface area contributed by atoms with E-state index in [-0.39, 0.29) is 0 Å². The molecule has 1 aliphatic rings. The maximum absolute atomic E-state index is 5.79. The molecule has 1 fully saturated rings. The van der Waals surface area contributed by atoms with Gasteiger partial charge < -0.3 is 11.1 Å². The van der Waals surface area contributed by atoms with Crippen LogP contribution in [0.2, 0.25) is 0 Å². The number of para-hydroxylation sites is 1. The molecule has 0 atom stereocenters. The molecule has 86 valence electrons. The zero-order valence-electron chi connectivity index (χ0n) is 9.52.